The van der Waals surface area contributed by atoms with E-state index in [-0.39, 0.29) is 11.7 Å². The zero-order chi connectivity index (χ0) is 23.2. The molecule has 0 aliphatic carbocycles. The van der Waals surface area contributed by atoms with E-state index in [0.717, 1.165) is 56.0 Å². The molecule has 5 rings (SSSR count). The third-order valence-corrected chi connectivity index (χ3v) is 8.59. The Bertz CT molecular complexity index is 976. The monoisotopic (exact) mass is 484 g/mol. The lowest BCUT2D eigenvalue weighted by atomic mass is 9.88. The van der Waals surface area contributed by atoms with Crippen LogP contribution in [0.25, 0.3) is 0 Å². The fourth-order valence-corrected chi connectivity index (χ4v) is 6.26. The number of nitrogens with zero attached hydrogens (tertiary/aromatic N) is 2. The summed E-state index contributed by atoms with van der Waals surface area (Å²) in [5.74, 6) is 1.67. The van der Waals surface area contributed by atoms with Gasteiger partial charge in [0.2, 0.25) is 0 Å². The van der Waals surface area contributed by atoms with Gasteiger partial charge < -0.3 is 9.80 Å². The topological polar surface area (TPSA) is 23.6 Å². The first-order valence-corrected chi connectivity index (χ1v) is 13.6. The normalized spacial score (nSPS) is 21.6. The molecule has 2 aromatic heterocycles. The minimum atomic E-state index is -0.159. The number of hydrogen-bond acceptors (Lipinski definition) is 4. The van der Waals surface area contributed by atoms with E-state index >= 15 is 0 Å². The van der Waals surface area contributed by atoms with Gasteiger partial charge in [-0.1, -0.05) is 31.2 Å². The number of piperidine rings is 1. The van der Waals surface area contributed by atoms with E-state index in [1.165, 1.54) is 5.56 Å². The smallest absolute Gasteiger partial charge is 0.264 e. The minimum Gasteiger partial charge on any atom is -0.337 e. The van der Waals surface area contributed by atoms with Gasteiger partial charge in [0.15, 0.2) is 0 Å². The summed E-state index contributed by atoms with van der Waals surface area (Å²) >= 11 is 3.27. The van der Waals surface area contributed by atoms with Gasteiger partial charge in [0.1, 0.15) is 5.82 Å². The molecule has 0 N–H and O–H groups in total. The highest BCUT2D eigenvalue weighted by atomic mass is 32.1. The zero-order valence-corrected chi connectivity index (χ0v) is 21.1. The van der Waals surface area contributed by atoms with Crippen molar-refractivity contribution >= 4 is 28.6 Å². The van der Waals surface area contributed by atoms with Crippen LogP contribution in [0.15, 0.2) is 58.6 Å². The average molecular weight is 485 g/mol. The highest BCUT2D eigenvalue weighted by molar-refractivity contribution is 7.12. The Kier molecular flexibility index (Phi) is 8.34. The van der Waals surface area contributed by atoms with Crippen LogP contribution in [-0.4, -0.2) is 48.4 Å². The third kappa shape index (κ3) is 6.31. The first kappa shape index (κ1) is 24.1. The largest absolute Gasteiger partial charge is 0.337 e. The van der Waals surface area contributed by atoms with Crippen molar-refractivity contribution in [2.75, 3.05) is 32.7 Å². The Morgan fingerprint density at radius 1 is 1.03 bits per heavy atom. The van der Waals surface area contributed by atoms with Crippen LogP contribution in [0.5, 0.6) is 0 Å². The van der Waals surface area contributed by atoms with E-state index < -0.39 is 0 Å². The molecule has 2 saturated heterocycles. The summed E-state index contributed by atoms with van der Waals surface area (Å²) in [6.45, 7) is 9.29. The average Bonchev–Trinajstić information content (AvgIpc) is 3.59. The van der Waals surface area contributed by atoms with E-state index in [1.54, 1.807) is 34.8 Å². The van der Waals surface area contributed by atoms with Gasteiger partial charge >= 0.3 is 0 Å². The van der Waals surface area contributed by atoms with Crippen LogP contribution in [0.2, 0.25) is 0 Å². The molecule has 2 aliphatic rings. The molecule has 0 bridgehead atoms. The number of hydrogen-bond donors (Lipinski definition) is 0. The van der Waals surface area contributed by atoms with E-state index in [9.17, 15) is 9.18 Å². The van der Waals surface area contributed by atoms with Crippen molar-refractivity contribution in [2.45, 2.75) is 32.6 Å². The van der Waals surface area contributed by atoms with Crippen LogP contribution in [0.3, 0.4) is 0 Å². The fourth-order valence-electron chi connectivity index (χ4n) is 4.92. The molecule has 3 nitrogen and oxygen atoms in total. The molecule has 1 amide bonds. The van der Waals surface area contributed by atoms with Gasteiger partial charge in [-0.2, -0.15) is 11.3 Å². The molecular formula is C27H33FN2OS2. The van der Waals surface area contributed by atoms with E-state index in [2.05, 4.69) is 16.7 Å². The lowest BCUT2D eigenvalue weighted by Crippen LogP contribution is -2.38. The molecule has 0 spiro atoms. The van der Waals surface area contributed by atoms with Gasteiger partial charge in [0, 0.05) is 19.6 Å². The summed E-state index contributed by atoms with van der Waals surface area (Å²) in [7, 11) is 0. The number of likely N-dealkylation sites (tertiary alicyclic amines) is 2. The first-order valence-electron chi connectivity index (χ1n) is 11.8. The Morgan fingerprint density at radius 2 is 1.73 bits per heavy atom. The molecule has 33 heavy (non-hydrogen) atoms. The van der Waals surface area contributed by atoms with E-state index in [4.69, 9.17) is 0 Å². The molecule has 2 aliphatic heterocycles. The van der Waals surface area contributed by atoms with Crippen molar-refractivity contribution in [3.63, 3.8) is 0 Å². The van der Waals surface area contributed by atoms with Crippen molar-refractivity contribution in [1.29, 1.82) is 0 Å². The van der Waals surface area contributed by atoms with Crippen LogP contribution in [-0.2, 0) is 0 Å². The SMILES string of the molecule is Cc1ccsc1C(=O)N1CC(C)C(CN2CCC(c3ccc(F)cc3)CC2)C1.c1ccsc1. The Balaban J connectivity index is 0.000000459. The van der Waals surface area contributed by atoms with Crippen LogP contribution in [0, 0.1) is 24.6 Å². The van der Waals surface area contributed by atoms with Gasteiger partial charge in [-0.05, 0) is 96.1 Å². The summed E-state index contributed by atoms with van der Waals surface area (Å²) < 4.78 is 13.1. The van der Waals surface area contributed by atoms with Crippen molar-refractivity contribution in [3.8, 4) is 0 Å². The lowest BCUT2D eigenvalue weighted by Gasteiger charge is -2.34. The number of carbonyl (C=O) groups excluding carboxylic acids is 1. The molecule has 4 heterocycles. The summed E-state index contributed by atoms with van der Waals surface area (Å²) in [4.78, 5) is 18.3. The number of benzene rings is 1. The first-order chi connectivity index (χ1) is 16.0. The Labute approximate surface area is 204 Å². The molecule has 0 radical (unpaired) electrons. The number of aryl methyl sites for hydroxylation is 1. The fraction of sp³-hybridized carbons (Fsp3) is 0.444. The van der Waals surface area contributed by atoms with Crippen LogP contribution >= 0.6 is 22.7 Å². The van der Waals surface area contributed by atoms with Crippen molar-refractivity contribution in [1.82, 2.24) is 9.80 Å². The predicted molar refractivity (Wildman–Crippen MR) is 137 cm³/mol. The zero-order valence-electron chi connectivity index (χ0n) is 19.5. The summed E-state index contributed by atoms with van der Waals surface area (Å²) in [6, 6.07) is 13.1. The maximum Gasteiger partial charge on any atom is 0.264 e. The standard InChI is InChI=1S/C23H29FN2OS.C4H4S/c1-16-9-12-28-22(16)23(27)26-13-17(2)20(15-26)14-25-10-7-19(8-11-25)18-3-5-21(24)6-4-18;1-2-4-5-3-1/h3-6,9,12,17,19-20H,7-8,10-11,13-15H2,1-2H3;1-4H. The Morgan fingerprint density at radius 3 is 2.30 bits per heavy atom. The molecule has 2 fully saturated rings. The number of carbonyl (C=O) groups is 1. The summed E-state index contributed by atoms with van der Waals surface area (Å²) in [5, 5.41) is 6.09. The van der Waals surface area contributed by atoms with Crippen molar-refractivity contribution < 1.29 is 9.18 Å². The van der Waals surface area contributed by atoms with Crippen LogP contribution in [0.4, 0.5) is 4.39 Å². The lowest BCUT2D eigenvalue weighted by molar-refractivity contribution is 0.0784. The van der Waals surface area contributed by atoms with Crippen LogP contribution in [0.1, 0.15) is 46.5 Å². The Hall–Kier alpha value is -2.02. The predicted octanol–water partition coefficient (Wildman–Crippen LogP) is 6.53. The molecule has 6 heteroatoms. The minimum absolute atomic E-state index is 0.159. The third-order valence-electron chi connectivity index (χ3n) is 6.96. The summed E-state index contributed by atoms with van der Waals surface area (Å²) in [5.41, 5.74) is 2.35. The van der Waals surface area contributed by atoms with Gasteiger partial charge in [-0.3, -0.25) is 4.79 Å². The quantitative estimate of drug-likeness (QED) is 0.420. The molecule has 3 aromatic rings. The number of rotatable bonds is 4. The molecule has 2 atom stereocenters. The highest BCUT2D eigenvalue weighted by Gasteiger charge is 2.35. The van der Waals surface area contributed by atoms with Crippen molar-refractivity contribution in [2.24, 2.45) is 11.8 Å². The maximum atomic E-state index is 13.1. The number of amides is 1. The van der Waals surface area contributed by atoms with Gasteiger partial charge in [-0.25, -0.2) is 4.39 Å². The van der Waals surface area contributed by atoms with Crippen LogP contribution < -0.4 is 0 Å². The number of halogens is 1. The second-order valence-electron chi connectivity index (χ2n) is 9.30. The molecule has 0 saturated carbocycles. The highest BCUT2D eigenvalue weighted by Crippen LogP contribution is 2.31. The second kappa shape index (κ2) is 11.4. The molecular weight excluding hydrogens is 451 g/mol. The number of thiophene rings is 2. The van der Waals surface area contributed by atoms with Gasteiger partial charge in [0.05, 0.1) is 4.88 Å². The van der Waals surface area contributed by atoms with Crippen molar-refractivity contribution in [3.05, 3.63) is 80.4 Å². The van der Waals surface area contributed by atoms with E-state index in [0.29, 0.717) is 17.8 Å². The van der Waals surface area contributed by atoms with Gasteiger partial charge in [-0.15, -0.1) is 11.3 Å². The molecule has 176 valence electrons. The maximum absolute atomic E-state index is 13.1. The molecule has 1 aromatic carbocycles. The van der Waals surface area contributed by atoms with E-state index in [1.807, 2.05) is 53.4 Å². The summed E-state index contributed by atoms with van der Waals surface area (Å²) in [6.07, 6.45) is 2.26. The molecule has 2 unspecified atom stereocenters. The second-order valence-corrected chi connectivity index (χ2v) is 11.0. The van der Waals surface area contributed by atoms with Gasteiger partial charge in [0.25, 0.3) is 5.91 Å².